The summed E-state index contributed by atoms with van der Waals surface area (Å²) in [5.41, 5.74) is 2.13. The van der Waals surface area contributed by atoms with Crippen molar-refractivity contribution in [1.29, 1.82) is 0 Å². The Balaban J connectivity index is 3.70. The van der Waals surface area contributed by atoms with Gasteiger partial charge in [-0.15, -0.1) is 0 Å². The average Bonchev–Trinajstić information content (AvgIpc) is 1.88. The third kappa shape index (κ3) is 3.90. The van der Waals surface area contributed by atoms with Gasteiger partial charge in [0.1, 0.15) is 0 Å². The minimum absolute atomic E-state index is 0.876. The fourth-order valence-electron chi connectivity index (χ4n) is 0.481. The third-order valence-corrected chi connectivity index (χ3v) is 1.24. The molecule has 0 radical (unpaired) electrons. The van der Waals surface area contributed by atoms with E-state index >= 15 is 0 Å². The Morgan fingerprint density at radius 1 is 1.40 bits per heavy atom. The van der Waals surface area contributed by atoms with Crippen LogP contribution in [0.25, 0.3) is 0 Å². The van der Waals surface area contributed by atoms with E-state index in [2.05, 4.69) is 19.7 Å². The first-order valence-electron chi connectivity index (χ1n) is 3.29. The van der Waals surface area contributed by atoms with Gasteiger partial charge in [-0.3, -0.25) is 0 Å². The molecule has 0 aliphatic heterocycles. The summed E-state index contributed by atoms with van der Waals surface area (Å²) in [4.78, 5) is 0. The Labute approximate surface area is 63.3 Å². The van der Waals surface area contributed by atoms with Gasteiger partial charge in [0.25, 0.3) is 0 Å². The van der Waals surface area contributed by atoms with Crippen molar-refractivity contribution in [2.24, 2.45) is 0 Å². The largest absolute Gasteiger partial charge is 0.0991 e. The van der Waals surface area contributed by atoms with E-state index in [9.17, 15) is 0 Å². The van der Waals surface area contributed by atoms with E-state index in [0.717, 1.165) is 17.6 Å². The smallest absolute Gasteiger partial charge is 0.00978 e. The van der Waals surface area contributed by atoms with Gasteiger partial charge in [0.2, 0.25) is 0 Å². The van der Waals surface area contributed by atoms with Crippen LogP contribution < -0.4 is 0 Å². The Morgan fingerprint density at radius 3 is 2.40 bits per heavy atom. The van der Waals surface area contributed by atoms with Crippen molar-refractivity contribution in [3.8, 4) is 0 Å². The standard InChI is InChI=1S/C10H14/c1-5-6-7-8-10(4)9(2)3/h5-7H,1-2,4,8H2,3H3. The highest BCUT2D eigenvalue weighted by Crippen LogP contribution is 2.08. The molecule has 0 heterocycles. The molecule has 0 atom stereocenters. The van der Waals surface area contributed by atoms with E-state index in [1.165, 1.54) is 0 Å². The highest BCUT2D eigenvalue weighted by molar-refractivity contribution is 5.25. The molecule has 0 fully saturated rings. The zero-order valence-electron chi connectivity index (χ0n) is 6.56. The van der Waals surface area contributed by atoms with Gasteiger partial charge >= 0.3 is 0 Å². The lowest BCUT2D eigenvalue weighted by Gasteiger charge is -1.97. The number of hydrogen-bond acceptors (Lipinski definition) is 0. The minimum atomic E-state index is 0.876. The van der Waals surface area contributed by atoms with Crippen LogP contribution >= 0.6 is 0 Å². The van der Waals surface area contributed by atoms with Crippen LogP contribution in [0.15, 0.2) is 49.1 Å². The maximum atomic E-state index is 3.84. The van der Waals surface area contributed by atoms with E-state index in [4.69, 9.17) is 0 Å². The van der Waals surface area contributed by atoms with Crippen molar-refractivity contribution in [2.75, 3.05) is 0 Å². The molecule has 0 aromatic heterocycles. The number of allylic oxidation sites excluding steroid dienone is 5. The zero-order valence-corrected chi connectivity index (χ0v) is 6.56. The molecular formula is C10H14. The molecule has 0 amide bonds. The van der Waals surface area contributed by atoms with E-state index < -0.39 is 0 Å². The second-order valence-corrected chi connectivity index (χ2v) is 2.25. The van der Waals surface area contributed by atoms with Crippen molar-refractivity contribution in [2.45, 2.75) is 13.3 Å². The van der Waals surface area contributed by atoms with Gasteiger partial charge in [0.15, 0.2) is 0 Å². The zero-order chi connectivity index (χ0) is 7.98. The molecule has 0 aliphatic carbocycles. The quantitative estimate of drug-likeness (QED) is 0.518. The molecule has 0 aromatic rings. The highest BCUT2D eigenvalue weighted by Gasteiger charge is 1.88. The van der Waals surface area contributed by atoms with Crippen molar-refractivity contribution in [3.05, 3.63) is 49.1 Å². The van der Waals surface area contributed by atoms with Crippen molar-refractivity contribution >= 4 is 0 Å². The molecule has 0 rings (SSSR count). The monoisotopic (exact) mass is 134 g/mol. The Morgan fingerprint density at radius 2 is 2.00 bits per heavy atom. The molecule has 0 nitrogen and oxygen atoms in total. The summed E-state index contributed by atoms with van der Waals surface area (Å²) < 4.78 is 0. The van der Waals surface area contributed by atoms with Gasteiger partial charge in [-0.05, 0) is 18.9 Å². The highest BCUT2D eigenvalue weighted by atomic mass is 13.9. The molecule has 0 bridgehead atoms. The van der Waals surface area contributed by atoms with Gasteiger partial charge in [0, 0.05) is 0 Å². The van der Waals surface area contributed by atoms with Crippen LogP contribution in [0.1, 0.15) is 13.3 Å². The topological polar surface area (TPSA) is 0 Å². The van der Waals surface area contributed by atoms with Gasteiger partial charge in [-0.2, -0.15) is 0 Å². The lowest BCUT2D eigenvalue weighted by Crippen LogP contribution is -1.77. The SMILES string of the molecule is C=CC=CCC(=C)C(=C)C. The van der Waals surface area contributed by atoms with Crippen molar-refractivity contribution < 1.29 is 0 Å². The molecule has 0 saturated carbocycles. The van der Waals surface area contributed by atoms with Crippen LogP contribution in [0.2, 0.25) is 0 Å². The maximum Gasteiger partial charge on any atom is -0.00978 e. The third-order valence-electron chi connectivity index (χ3n) is 1.24. The summed E-state index contributed by atoms with van der Waals surface area (Å²) in [6.07, 6.45) is 6.56. The second kappa shape index (κ2) is 4.80. The molecular weight excluding hydrogens is 120 g/mol. The summed E-state index contributed by atoms with van der Waals surface area (Å²) in [5, 5.41) is 0. The summed E-state index contributed by atoms with van der Waals surface area (Å²) >= 11 is 0. The Hall–Kier alpha value is -1.04. The summed E-state index contributed by atoms with van der Waals surface area (Å²) in [5.74, 6) is 0. The van der Waals surface area contributed by atoms with E-state index in [-0.39, 0.29) is 0 Å². The number of hydrogen-bond donors (Lipinski definition) is 0. The van der Waals surface area contributed by atoms with Gasteiger partial charge in [-0.25, -0.2) is 0 Å². The fraction of sp³-hybridized carbons (Fsp3) is 0.200. The Bertz CT molecular complexity index is 170. The summed E-state index contributed by atoms with van der Waals surface area (Å²) in [6.45, 7) is 13.1. The summed E-state index contributed by atoms with van der Waals surface area (Å²) in [7, 11) is 0. The first kappa shape index (κ1) is 8.96. The first-order chi connectivity index (χ1) is 4.68. The van der Waals surface area contributed by atoms with Gasteiger partial charge in [-0.1, -0.05) is 43.5 Å². The molecule has 0 aromatic carbocycles. The Kier molecular flexibility index (Phi) is 4.30. The van der Waals surface area contributed by atoms with Crippen LogP contribution in [0.3, 0.4) is 0 Å². The van der Waals surface area contributed by atoms with E-state index in [1.807, 2.05) is 19.1 Å². The molecule has 0 N–H and O–H groups in total. The van der Waals surface area contributed by atoms with Crippen LogP contribution in [-0.2, 0) is 0 Å². The molecule has 0 aliphatic rings. The van der Waals surface area contributed by atoms with Crippen LogP contribution in [-0.4, -0.2) is 0 Å². The van der Waals surface area contributed by atoms with Crippen molar-refractivity contribution in [1.82, 2.24) is 0 Å². The molecule has 0 saturated heterocycles. The maximum absolute atomic E-state index is 3.84. The molecule has 0 heteroatoms. The molecule has 0 spiro atoms. The van der Waals surface area contributed by atoms with Gasteiger partial charge < -0.3 is 0 Å². The predicted octanol–water partition coefficient (Wildman–Crippen LogP) is 3.25. The van der Waals surface area contributed by atoms with Crippen molar-refractivity contribution in [3.63, 3.8) is 0 Å². The molecule has 54 valence electrons. The minimum Gasteiger partial charge on any atom is -0.0991 e. The number of rotatable bonds is 4. The summed E-state index contributed by atoms with van der Waals surface area (Å²) in [6, 6.07) is 0. The van der Waals surface area contributed by atoms with E-state index in [0.29, 0.717) is 0 Å². The predicted molar refractivity (Wildman–Crippen MR) is 47.9 cm³/mol. The fourth-order valence-corrected chi connectivity index (χ4v) is 0.481. The normalized spacial score (nSPS) is 9.70. The molecule has 10 heavy (non-hydrogen) atoms. The lowest BCUT2D eigenvalue weighted by atomic mass is 10.1. The van der Waals surface area contributed by atoms with Crippen LogP contribution in [0.4, 0.5) is 0 Å². The van der Waals surface area contributed by atoms with Gasteiger partial charge in [0.05, 0.1) is 0 Å². The molecule has 0 unspecified atom stereocenters. The second-order valence-electron chi connectivity index (χ2n) is 2.25. The van der Waals surface area contributed by atoms with Crippen LogP contribution in [0.5, 0.6) is 0 Å². The van der Waals surface area contributed by atoms with Crippen LogP contribution in [0, 0.1) is 0 Å². The average molecular weight is 134 g/mol. The first-order valence-corrected chi connectivity index (χ1v) is 3.29. The lowest BCUT2D eigenvalue weighted by molar-refractivity contribution is 1.23. The van der Waals surface area contributed by atoms with E-state index in [1.54, 1.807) is 6.08 Å².